The van der Waals surface area contributed by atoms with Crippen molar-refractivity contribution in [2.45, 2.75) is 32.1 Å². The van der Waals surface area contributed by atoms with E-state index in [1.54, 1.807) is 11.3 Å². The van der Waals surface area contributed by atoms with Crippen LogP contribution in [0, 0.1) is 0 Å². The number of carbonyl (C=O) groups excluding carboxylic acids is 1. The number of carbonyl (C=O) groups is 1. The van der Waals surface area contributed by atoms with E-state index >= 15 is 0 Å². The minimum Gasteiger partial charge on any atom is -0.330 e. The van der Waals surface area contributed by atoms with E-state index in [9.17, 15) is 4.79 Å². The molecule has 0 atom stereocenters. The zero-order valence-corrected chi connectivity index (χ0v) is 11.7. The van der Waals surface area contributed by atoms with Crippen molar-refractivity contribution in [3.05, 3.63) is 23.7 Å². The van der Waals surface area contributed by atoms with Gasteiger partial charge in [-0.15, -0.1) is 11.3 Å². The molecule has 1 aromatic heterocycles. The highest BCUT2D eigenvalue weighted by atomic mass is 32.1. The summed E-state index contributed by atoms with van der Waals surface area (Å²) in [6, 6.07) is 5.80. The minimum atomic E-state index is 0.0802. The summed E-state index contributed by atoms with van der Waals surface area (Å²) in [6.45, 7) is 0.737. The first-order valence-electron chi connectivity index (χ1n) is 6.63. The van der Waals surface area contributed by atoms with Gasteiger partial charge in [-0.25, -0.2) is 4.98 Å². The second kappa shape index (κ2) is 7.21. The molecule has 0 radical (unpaired) electrons. The number of benzene rings is 1. The van der Waals surface area contributed by atoms with E-state index in [4.69, 9.17) is 5.73 Å². The first-order chi connectivity index (χ1) is 9.29. The van der Waals surface area contributed by atoms with Crippen molar-refractivity contribution >= 4 is 33.1 Å². The summed E-state index contributed by atoms with van der Waals surface area (Å²) in [5.41, 5.74) is 9.07. The smallest absolute Gasteiger partial charge is 0.224 e. The van der Waals surface area contributed by atoms with Gasteiger partial charge in [0, 0.05) is 12.1 Å². The van der Waals surface area contributed by atoms with E-state index in [0.717, 1.165) is 48.1 Å². The molecular weight excluding hydrogens is 258 g/mol. The lowest BCUT2D eigenvalue weighted by atomic mass is 10.1. The fraction of sp³-hybridized carbons (Fsp3) is 0.429. The third-order valence-electron chi connectivity index (χ3n) is 2.97. The van der Waals surface area contributed by atoms with E-state index in [0.29, 0.717) is 6.42 Å². The molecule has 1 heterocycles. The highest BCUT2D eigenvalue weighted by Gasteiger charge is 2.04. The lowest BCUT2D eigenvalue weighted by Gasteiger charge is -2.05. The molecule has 2 aromatic rings. The summed E-state index contributed by atoms with van der Waals surface area (Å²) in [7, 11) is 0. The molecule has 1 aromatic carbocycles. The lowest BCUT2D eigenvalue weighted by Crippen LogP contribution is -2.11. The Morgan fingerprint density at radius 1 is 1.26 bits per heavy atom. The average molecular weight is 277 g/mol. The number of nitrogens with zero attached hydrogens (tertiary/aromatic N) is 1. The minimum absolute atomic E-state index is 0.0802. The van der Waals surface area contributed by atoms with Gasteiger partial charge in [0.2, 0.25) is 5.91 Å². The molecule has 0 unspecified atom stereocenters. The van der Waals surface area contributed by atoms with Crippen LogP contribution < -0.4 is 11.1 Å². The van der Waals surface area contributed by atoms with Crippen LogP contribution in [0.5, 0.6) is 0 Å². The van der Waals surface area contributed by atoms with Gasteiger partial charge >= 0.3 is 0 Å². The topological polar surface area (TPSA) is 68.0 Å². The Morgan fingerprint density at radius 2 is 2.11 bits per heavy atom. The van der Waals surface area contributed by atoms with Gasteiger partial charge < -0.3 is 11.1 Å². The molecule has 0 aliphatic rings. The van der Waals surface area contributed by atoms with Crippen LogP contribution in [0.25, 0.3) is 10.2 Å². The van der Waals surface area contributed by atoms with Crippen molar-refractivity contribution in [2.75, 3.05) is 11.9 Å². The van der Waals surface area contributed by atoms with Gasteiger partial charge in [0.25, 0.3) is 0 Å². The van der Waals surface area contributed by atoms with Gasteiger partial charge in [0.1, 0.15) is 0 Å². The molecule has 1 amide bonds. The monoisotopic (exact) mass is 277 g/mol. The molecule has 0 fully saturated rings. The molecule has 2 rings (SSSR count). The van der Waals surface area contributed by atoms with Gasteiger partial charge in [-0.3, -0.25) is 4.79 Å². The van der Waals surface area contributed by atoms with Gasteiger partial charge in [-0.05, 0) is 37.6 Å². The molecule has 5 heteroatoms. The summed E-state index contributed by atoms with van der Waals surface area (Å²) in [6.07, 6.45) is 4.72. The van der Waals surface area contributed by atoms with Crippen molar-refractivity contribution in [3.8, 4) is 0 Å². The Kier molecular flexibility index (Phi) is 5.30. The third-order valence-corrected chi connectivity index (χ3v) is 3.76. The van der Waals surface area contributed by atoms with Gasteiger partial charge in [-0.2, -0.15) is 0 Å². The van der Waals surface area contributed by atoms with Gasteiger partial charge in [0.15, 0.2) is 0 Å². The maximum absolute atomic E-state index is 11.8. The SMILES string of the molecule is NCCCCCCC(=O)Nc1ccc2ncsc2c1. The summed E-state index contributed by atoms with van der Waals surface area (Å²) in [4.78, 5) is 16.0. The van der Waals surface area contributed by atoms with Crippen LogP contribution in [0.4, 0.5) is 5.69 Å². The van der Waals surface area contributed by atoms with Crippen LogP contribution in [0.2, 0.25) is 0 Å². The van der Waals surface area contributed by atoms with Crippen molar-refractivity contribution < 1.29 is 4.79 Å². The van der Waals surface area contributed by atoms with Gasteiger partial charge in [-0.1, -0.05) is 12.8 Å². The predicted molar refractivity (Wildman–Crippen MR) is 80.4 cm³/mol. The first-order valence-corrected chi connectivity index (χ1v) is 7.51. The Balaban J connectivity index is 1.78. The molecule has 0 bridgehead atoms. The summed E-state index contributed by atoms with van der Waals surface area (Å²) in [5.74, 6) is 0.0802. The molecule has 102 valence electrons. The quantitative estimate of drug-likeness (QED) is 0.764. The van der Waals surface area contributed by atoms with E-state index < -0.39 is 0 Å². The van der Waals surface area contributed by atoms with E-state index in [1.807, 2.05) is 23.7 Å². The highest BCUT2D eigenvalue weighted by molar-refractivity contribution is 7.16. The van der Waals surface area contributed by atoms with Crippen molar-refractivity contribution in [1.29, 1.82) is 0 Å². The number of aromatic nitrogens is 1. The summed E-state index contributed by atoms with van der Waals surface area (Å²) < 4.78 is 1.10. The Hall–Kier alpha value is -1.46. The Morgan fingerprint density at radius 3 is 2.95 bits per heavy atom. The lowest BCUT2D eigenvalue weighted by molar-refractivity contribution is -0.116. The van der Waals surface area contributed by atoms with Crippen molar-refractivity contribution in [2.24, 2.45) is 5.73 Å². The number of anilines is 1. The second-order valence-electron chi connectivity index (χ2n) is 4.54. The van der Waals surface area contributed by atoms with E-state index in [-0.39, 0.29) is 5.91 Å². The Labute approximate surface area is 117 Å². The zero-order valence-electron chi connectivity index (χ0n) is 10.9. The fourth-order valence-electron chi connectivity index (χ4n) is 1.94. The van der Waals surface area contributed by atoms with Crippen LogP contribution in [0.1, 0.15) is 32.1 Å². The number of fused-ring (bicyclic) bond motifs is 1. The number of rotatable bonds is 7. The normalized spacial score (nSPS) is 10.8. The van der Waals surface area contributed by atoms with E-state index in [2.05, 4.69) is 10.3 Å². The number of hydrogen-bond acceptors (Lipinski definition) is 4. The first kappa shape index (κ1) is 14.0. The maximum atomic E-state index is 11.8. The number of thiazole rings is 1. The molecule has 19 heavy (non-hydrogen) atoms. The van der Waals surface area contributed by atoms with Gasteiger partial charge in [0.05, 0.1) is 15.7 Å². The summed E-state index contributed by atoms with van der Waals surface area (Å²) >= 11 is 1.58. The number of nitrogens with one attached hydrogen (secondary N) is 1. The second-order valence-corrected chi connectivity index (χ2v) is 5.42. The molecule has 3 N–H and O–H groups in total. The zero-order chi connectivity index (χ0) is 13.5. The molecular formula is C14H19N3OS. The molecule has 0 aliphatic carbocycles. The van der Waals surface area contributed by atoms with E-state index in [1.165, 1.54) is 0 Å². The molecule has 4 nitrogen and oxygen atoms in total. The van der Waals surface area contributed by atoms with Crippen LogP contribution in [0.3, 0.4) is 0 Å². The van der Waals surface area contributed by atoms with Crippen LogP contribution >= 0.6 is 11.3 Å². The highest BCUT2D eigenvalue weighted by Crippen LogP contribution is 2.21. The van der Waals surface area contributed by atoms with Crippen LogP contribution in [0.15, 0.2) is 23.7 Å². The predicted octanol–water partition coefficient (Wildman–Crippen LogP) is 3.14. The van der Waals surface area contributed by atoms with Crippen molar-refractivity contribution in [3.63, 3.8) is 0 Å². The molecule has 0 spiro atoms. The fourth-order valence-corrected chi connectivity index (χ4v) is 2.66. The number of nitrogens with two attached hydrogens (primary N) is 1. The number of amides is 1. The third kappa shape index (κ3) is 4.29. The van der Waals surface area contributed by atoms with Crippen molar-refractivity contribution in [1.82, 2.24) is 4.98 Å². The van der Waals surface area contributed by atoms with Crippen LogP contribution in [-0.4, -0.2) is 17.4 Å². The molecule has 0 aliphatic heterocycles. The number of unbranched alkanes of at least 4 members (excludes halogenated alkanes) is 3. The largest absolute Gasteiger partial charge is 0.330 e. The average Bonchev–Trinajstić information content (AvgIpc) is 2.86. The molecule has 0 saturated carbocycles. The summed E-state index contributed by atoms with van der Waals surface area (Å²) in [5, 5.41) is 2.93. The maximum Gasteiger partial charge on any atom is 0.224 e. The Bertz CT molecular complexity index is 538. The number of hydrogen-bond donors (Lipinski definition) is 2. The standard InChI is InChI=1S/C14H19N3OS/c15-8-4-2-1-3-5-14(18)17-11-6-7-12-13(9-11)19-10-16-12/h6-7,9-10H,1-5,8,15H2,(H,17,18). The molecule has 0 saturated heterocycles. The van der Waals surface area contributed by atoms with Crippen LogP contribution in [-0.2, 0) is 4.79 Å².